The summed E-state index contributed by atoms with van der Waals surface area (Å²) in [6.07, 6.45) is 1.95. The van der Waals surface area contributed by atoms with Gasteiger partial charge in [-0.15, -0.1) is 0 Å². The number of hydrogen-bond donors (Lipinski definition) is 2. The standard InChI is InChI=1S/C16H22N2O3/c1-3-6-12-7-4-5-8-14(12)17-16(21)18-9-13(10-18)11(2)15(19)20/h4-5,7-8,11,13H,3,6,9-10H2,1-2H3,(H,17,21)(H,19,20). The van der Waals surface area contributed by atoms with Gasteiger partial charge in [0.05, 0.1) is 5.92 Å². The van der Waals surface area contributed by atoms with Crippen molar-refractivity contribution in [2.45, 2.75) is 26.7 Å². The first kappa shape index (κ1) is 15.4. The van der Waals surface area contributed by atoms with Crippen molar-refractivity contribution in [2.75, 3.05) is 18.4 Å². The van der Waals surface area contributed by atoms with E-state index >= 15 is 0 Å². The second-order valence-electron chi connectivity index (χ2n) is 5.63. The molecule has 0 aliphatic carbocycles. The van der Waals surface area contributed by atoms with Gasteiger partial charge in [0.15, 0.2) is 0 Å². The predicted octanol–water partition coefficient (Wildman–Crippen LogP) is 2.82. The summed E-state index contributed by atoms with van der Waals surface area (Å²) in [4.78, 5) is 24.7. The molecule has 0 spiro atoms. The fourth-order valence-electron chi connectivity index (χ4n) is 2.52. The van der Waals surface area contributed by atoms with Crippen LogP contribution in [0.1, 0.15) is 25.8 Å². The summed E-state index contributed by atoms with van der Waals surface area (Å²) >= 11 is 0. The summed E-state index contributed by atoms with van der Waals surface area (Å²) in [5, 5.41) is 11.9. The van der Waals surface area contributed by atoms with Crippen LogP contribution in [0.5, 0.6) is 0 Å². The zero-order valence-electron chi connectivity index (χ0n) is 12.5. The monoisotopic (exact) mass is 290 g/mol. The van der Waals surface area contributed by atoms with E-state index in [4.69, 9.17) is 5.11 Å². The number of hydrogen-bond acceptors (Lipinski definition) is 2. The fraction of sp³-hybridized carbons (Fsp3) is 0.500. The van der Waals surface area contributed by atoms with Gasteiger partial charge in [0.1, 0.15) is 0 Å². The summed E-state index contributed by atoms with van der Waals surface area (Å²) in [6.45, 7) is 4.81. The Bertz CT molecular complexity index is 524. The second kappa shape index (κ2) is 6.61. The molecule has 1 saturated heterocycles. The van der Waals surface area contributed by atoms with E-state index in [2.05, 4.69) is 12.2 Å². The molecule has 2 amide bonds. The minimum Gasteiger partial charge on any atom is -0.481 e. The lowest BCUT2D eigenvalue weighted by atomic mass is 9.87. The van der Waals surface area contributed by atoms with Crippen LogP contribution in [0.3, 0.4) is 0 Å². The van der Waals surface area contributed by atoms with E-state index in [-0.39, 0.29) is 11.9 Å². The Morgan fingerprint density at radius 3 is 2.67 bits per heavy atom. The van der Waals surface area contributed by atoms with Crippen molar-refractivity contribution in [2.24, 2.45) is 11.8 Å². The van der Waals surface area contributed by atoms with E-state index < -0.39 is 11.9 Å². The van der Waals surface area contributed by atoms with Crippen LogP contribution in [-0.2, 0) is 11.2 Å². The van der Waals surface area contributed by atoms with E-state index in [1.807, 2.05) is 24.3 Å². The number of nitrogens with one attached hydrogen (secondary N) is 1. The molecule has 1 unspecified atom stereocenters. The molecule has 0 saturated carbocycles. The summed E-state index contributed by atoms with van der Waals surface area (Å²) in [7, 11) is 0. The van der Waals surface area contributed by atoms with Crippen molar-refractivity contribution in [1.29, 1.82) is 0 Å². The van der Waals surface area contributed by atoms with Crippen molar-refractivity contribution in [3.63, 3.8) is 0 Å². The van der Waals surface area contributed by atoms with E-state index in [0.29, 0.717) is 13.1 Å². The lowest BCUT2D eigenvalue weighted by molar-refractivity contribution is -0.144. The molecule has 2 rings (SSSR count). The molecule has 1 heterocycles. The van der Waals surface area contributed by atoms with Gasteiger partial charge in [0, 0.05) is 24.7 Å². The molecule has 5 nitrogen and oxygen atoms in total. The Morgan fingerprint density at radius 1 is 1.38 bits per heavy atom. The van der Waals surface area contributed by atoms with Gasteiger partial charge in [-0.2, -0.15) is 0 Å². The molecule has 0 radical (unpaired) electrons. The number of aryl methyl sites for hydroxylation is 1. The van der Waals surface area contributed by atoms with Crippen LogP contribution in [0.15, 0.2) is 24.3 Å². The maximum Gasteiger partial charge on any atom is 0.321 e. The third-order valence-electron chi connectivity index (χ3n) is 4.07. The van der Waals surface area contributed by atoms with E-state index in [0.717, 1.165) is 24.1 Å². The molecule has 1 atom stereocenters. The molecule has 114 valence electrons. The van der Waals surface area contributed by atoms with Crippen molar-refractivity contribution >= 4 is 17.7 Å². The summed E-state index contributed by atoms with van der Waals surface area (Å²) in [6, 6.07) is 7.65. The zero-order chi connectivity index (χ0) is 15.4. The van der Waals surface area contributed by atoms with Crippen LogP contribution in [0.4, 0.5) is 10.5 Å². The minimum atomic E-state index is -0.798. The fourth-order valence-corrected chi connectivity index (χ4v) is 2.52. The quantitative estimate of drug-likeness (QED) is 0.876. The number of para-hydroxylation sites is 1. The average Bonchev–Trinajstić information content (AvgIpc) is 2.39. The van der Waals surface area contributed by atoms with Crippen LogP contribution in [0.25, 0.3) is 0 Å². The maximum absolute atomic E-state index is 12.2. The number of carbonyl (C=O) groups is 2. The van der Waals surface area contributed by atoms with Crippen LogP contribution in [0, 0.1) is 11.8 Å². The van der Waals surface area contributed by atoms with Gasteiger partial charge in [0.2, 0.25) is 0 Å². The van der Waals surface area contributed by atoms with Crippen molar-refractivity contribution in [3.05, 3.63) is 29.8 Å². The first-order valence-electron chi connectivity index (χ1n) is 7.39. The molecular weight excluding hydrogens is 268 g/mol. The second-order valence-corrected chi connectivity index (χ2v) is 5.63. The summed E-state index contributed by atoms with van der Waals surface area (Å²) < 4.78 is 0. The van der Waals surface area contributed by atoms with Gasteiger partial charge in [-0.05, 0) is 18.1 Å². The SMILES string of the molecule is CCCc1ccccc1NC(=O)N1CC(C(C)C(=O)O)C1. The average molecular weight is 290 g/mol. The molecule has 21 heavy (non-hydrogen) atoms. The van der Waals surface area contributed by atoms with Gasteiger partial charge in [-0.1, -0.05) is 38.5 Å². The molecular formula is C16H22N2O3. The van der Waals surface area contributed by atoms with E-state index in [9.17, 15) is 9.59 Å². The largest absolute Gasteiger partial charge is 0.481 e. The number of benzene rings is 1. The molecule has 1 aromatic rings. The molecule has 5 heteroatoms. The molecule has 1 fully saturated rings. The van der Waals surface area contributed by atoms with Crippen LogP contribution < -0.4 is 5.32 Å². The molecule has 0 aromatic heterocycles. The number of carboxylic acids is 1. The lowest BCUT2D eigenvalue weighted by Crippen LogP contribution is -2.54. The Labute approximate surface area is 125 Å². The molecule has 1 aromatic carbocycles. The highest BCUT2D eigenvalue weighted by Gasteiger charge is 2.37. The predicted molar refractivity (Wildman–Crippen MR) is 81.3 cm³/mol. The molecule has 1 aliphatic rings. The van der Waals surface area contributed by atoms with E-state index in [1.165, 1.54) is 0 Å². The smallest absolute Gasteiger partial charge is 0.321 e. The Hall–Kier alpha value is -2.04. The normalized spacial score (nSPS) is 16.2. The topological polar surface area (TPSA) is 69.6 Å². The Morgan fingerprint density at radius 2 is 2.05 bits per heavy atom. The Balaban J connectivity index is 1.91. The molecule has 2 N–H and O–H groups in total. The number of urea groups is 1. The highest BCUT2D eigenvalue weighted by Crippen LogP contribution is 2.25. The zero-order valence-corrected chi connectivity index (χ0v) is 12.5. The highest BCUT2D eigenvalue weighted by molar-refractivity contribution is 5.90. The van der Waals surface area contributed by atoms with Crippen molar-refractivity contribution in [1.82, 2.24) is 4.90 Å². The number of likely N-dealkylation sites (tertiary alicyclic amines) is 1. The van der Waals surface area contributed by atoms with Crippen molar-refractivity contribution < 1.29 is 14.7 Å². The van der Waals surface area contributed by atoms with Crippen LogP contribution in [-0.4, -0.2) is 35.1 Å². The van der Waals surface area contributed by atoms with Crippen molar-refractivity contribution in [3.8, 4) is 0 Å². The number of carbonyl (C=O) groups excluding carboxylic acids is 1. The minimum absolute atomic E-state index is 0.0548. The molecule has 0 bridgehead atoms. The number of nitrogens with zero attached hydrogens (tertiary/aromatic N) is 1. The number of carboxylic acid groups (broad SMARTS) is 1. The third-order valence-corrected chi connectivity index (χ3v) is 4.07. The van der Waals surface area contributed by atoms with Gasteiger partial charge in [0.25, 0.3) is 0 Å². The van der Waals surface area contributed by atoms with E-state index in [1.54, 1.807) is 11.8 Å². The number of anilines is 1. The first-order chi connectivity index (χ1) is 10.0. The first-order valence-corrected chi connectivity index (χ1v) is 7.39. The van der Waals surface area contributed by atoms with Gasteiger partial charge >= 0.3 is 12.0 Å². The van der Waals surface area contributed by atoms with Gasteiger partial charge in [-0.25, -0.2) is 4.79 Å². The number of rotatable bonds is 5. The maximum atomic E-state index is 12.2. The lowest BCUT2D eigenvalue weighted by Gasteiger charge is -2.41. The van der Waals surface area contributed by atoms with Gasteiger partial charge < -0.3 is 15.3 Å². The van der Waals surface area contributed by atoms with Crippen LogP contribution in [0.2, 0.25) is 0 Å². The number of aliphatic carboxylic acids is 1. The number of amides is 2. The van der Waals surface area contributed by atoms with Gasteiger partial charge in [-0.3, -0.25) is 4.79 Å². The Kier molecular flexibility index (Phi) is 4.83. The highest BCUT2D eigenvalue weighted by atomic mass is 16.4. The molecule has 1 aliphatic heterocycles. The third kappa shape index (κ3) is 3.54. The summed E-state index contributed by atoms with van der Waals surface area (Å²) in [5.74, 6) is -1.14. The van der Waals surface area contributed by atoms with Crippen LogP contribution >= 0.6 is 0 Å². The summed E-state index contributed by atoms with van der Waals surface area (Å²) in [5.41, 5.74) is 1.98.